The normalized spacial score (nSPS) is 19.1. The van der Waals surface area contributed by atoms with Crippen molar-refractivity contribution in [3.8, 4) is 5.75 Å². The second-order valence-corrected chi connectivity index (χ2v) is 10.9. The number of benzene rings is 2. The monoisotopic (exact) mass is 539 g/mol. The summed E-state index contributed by atoms with van der Waals surface area (Å²) in [5, 5.41) is 7.32. The summed E-state index contributed by atoms with van der Waals surface area (Å²) in [6.07, 6.45) is 2.09. The Kier molecular flexibility index (Phi) is 7.49. The first-order valence-corrected chi connectivity index (χ1v) is 13.5. The molecule has 1 aliphatic heterocycles. The lowest BCUT2D eigenvalue weighted by molar-refractivity contribution is -0.120. The average Bonchev–Trinajstić information content (AvgIpc) is 3.59. The van der Waals surface area contributed by atoms with Crippen LogP contribution in [0, 0.1) is 17.8 Å². The first-order valence-electron chi connectivity index (χ1n) is 13.2. The van der Waals surface area contributed by atoms with Crippen molar-refractivity contribution in [2.24, 2.45) is 17.8 Å². The molecule has 3 aromatic rings. The fraction of sp³-hybridized carbons (Fsp3) is 0.464. The second-order valence-electron chi connectivity index (χ2n) is 10.5. The summed E-state index contributed by atoms with van der Waals surface area (Å²) < 4.78 is 8.97. The number of nitrogens with one attached hydrogen (secondary N) is 2. The van der Waals surface area contributed by atoms with Gasteiger partial charge in [0.25, 0.3) is 5.56 Å². The van der Waals surface area contributed by atoms with Gasteiger partial charge < -0.3 is 20.3 Å². The molecule has 202 valence electrons. The number of hydrogen-bond acceptors (Lipinski definition) is 6. The van der Waals surface area contributed by atoms with Crippen LogP contribution in [0.15, 0.2) is 46.0 Å². The van der Waals surface area contributed by atoms with Crippen molar-refractivity contribution in [2.75, 3.05) is 44.0 Å². The molecule has 1 amide bonds. The summed E-state index contributed by atoms with van der Waals surface area (Å²) in [5.41, 5.74) is 1.46. The predicted octanol–water partition coefficient (Wildman–Crippen LogP) is 3.17. The molecule has 2 atom stereocenters. The van der Waals surface area contributed by atoms with E-state index in [2.05, 4.69) is 10.6 Å². The number of ether oxygens (including phenoxy) is 1. The molecule has 0 bridgehead atoms. The minimum atomic E-state index is -0.301. The molecular weight excluding hydrogens is 506 g/mol. The molecule has 2 heterocycles. The predicted molar refractivity (Wildman–Crippen MR) is 151 cm³/mol. The van der Waals surface area contributed by atoms with Crippen LogP contribution < -0.4 is 31.5 Å². The van der Waals surface area contributed by atoms with Gasteiger partial charge in [0.1, 0.15) is 5.75 Å². The number of anilines is 2. The Bertz CT molecular complexity index is 1480. The number of aromatic nitrogens is 2. The van der Waals surface area contributed by atoms with Crippen LogP contribution in [0.4, 0.5) is 11.4 Å². The quantitative estimate of drug-likeness (QED) is 0.433. The van der Waals surface area contributed by atoms with Gasteiger partial charge in [-0.3, -0.25) is 18.7 Å². The van der Waals surface area contributed by atoms with E-state index in [9.17, 15) is 14.4 Å². The van der Waals surface area contributed by atoms with Crippen LogP contribution in [-0.2, 0) is 17.9 Å². The topological polar surface area (TPSA) is 97.6 Å². The number of nitrogens with zero attached hydrogens (tertiary/aromatic N) is 3. The third kappa shape index (κ3) is 5.31. The van der Waals surface area contributed by atoms with Gasteiger partial charge in [0.2, 0.25) is 5.91 Å². The van der Waals surface area contributed by atoms with Gasteiger partial charge in [-0.25, -0.2) is 4.79 Å². The van der Waals surface area contributed by atoms with Gasteiger partial charge in [-0.1, -0.05) is 11.6 Å². The van der Waals surface area contributed by atoms with E-state index in [1.165, 1.54) is 4.57 Å². The molecule has 0 radical (unpaired) electrons. The summed E-state index contributed by atoms with van der Waals surface area (Å²) in [5.74, 6) is 0.598. The van der Waals surface area contributed by atoms with Crippen molar-refractivity contribution in [1.82, 2.24) is 14.5 Å². The minimum Gasteiger partial charge on any atom is -0.493 e. The lowest BCUT2D eigenvalue weighted by atomic mass is 9.96. The Labute approximate surface area is 226 Å². The van der Waals surface area contributed by atoms with E-state index in [4.69, 9.17) is 16.3 Å². The highest BCUT2D eigenvalue weighted by atomic mass is 35.5. The molecule has 9 nitrogen and oxygen atoms in total. The number of halogens is 1. The van der Waals surface area contributed by atoms with Gasteiger partial charge >= 0.3 is 5.69 Å². The van der Waals surface area contributed by atoms with Crippen molar-refractivity contribution >= 4 is 39.8 Å². The molecule has 2 N–H and O–H groups in total. The summed E-state index contributed by atoms with van der Waals surface area (Å²) in [6, 6.07) is 10.7. The summed E-state index contributed by atoms with van der Waals surface area (Å²) >= 11 is 6.37. The first-order chi connectivity index (χ1) is 18.3. The first kappa shape index (κ1) is 26.3. The molecular formula is C28H34ClN5O4. The van der Waals surface area contributed by atoms with Crippen LogP contribution in [0.1, 0.15) is 19.8 Å². The standard InChI is InChI=1S/C28H34ClN5O4/c1-4-33-24-9-7-19(11-21(24)27(36)34(28(33)37)15-17-5-6-17)31-26(35)22-14-30-13-18(22)16-38-20-8-10-25(32(2)3)23(29)12-20/h7-12,17-18,22,30H,4-6,13-16H2,1-3H3,(H,31,35)/t18-,22-/m0/s1. The van der Waals surface area contributed by atoms with Crippen LogP contribution in [-0.4, -0.2) is 48.8 Å². The highest BCUT2D eigenvalue weighted by molar-refractivity contribution is 6.33. The largest absolute Gasteiger partial charge is 0.493 e. The Hall–Kier alpha value is -3.30. The van der Waals surface area contributed by atoms with Crippen LogP contribution >= 0.6 is 11.6 Å². The number of rotatable bonds is 9. The molecule has 2 fully saturated rings. The van der Waals surface area contributed by atoms with Gasteiger partial charge in [0.05, 0.1) is 34.1 Å². The van der Waals surface area contributed by atoms with Crippen LogP contribution in [0.25, 0.3) is 10.9 Å². The zero-order chi connectivity index (χ0) is 27.0. The molecule has 2 aliphatic rings. The van der Waals surface area contributed by atoms with Crippen molar-refractivity contribution in [3.05, 3.63) is 62.3 Å². The summed E-state index contributed by atoms with van der Waals surface area (Å²) in [4.78, 5) is 41.3. The number of amides is 1. The molecule has 38 heavy (non-hydrogen) atoms. The van der Waals surface area contributed by atoms with E-state index >= 15 is 0 Å². The number of aryl methyl sites for hydroxylation is 1. The molecule has 2 aromatic carbocycles. The number of fused-ring (bicyclic) bond motifs is 1. The zero-order valence-electron chi connectivity index (χ0n) is 22.0. The van der Waals surface area contributed by atoms with Crippen molar-refractivity contribution in [1.29, 1.82) is 0 Å². The maximum absolute atomic E-state index is 13.3. The fourth-order valence-corrected chi connectivity index (χ4v) is 5.46. The van der Waals surface area contributed by atoms with Crippen molar-refractivity contribution in [2.45, 2.75) is 32.9 Å². The van der Waals surface area contributed by atoms with E-state index in [0.29, 0.717) is 66.1 Å². The van der Waals surface area contributed by atoms with E-state index in [1.54, 1.807) is 28.8 Å². The highest BCUT2D eigenvalue weighted by Gasteiger charge is 2.33. The van der Waals surface area contributed by atoms with Crippen LogP contribution in [0.2, 0.25) is 5.02 Å². The minimum absolute atomic E-state index is 0.0243. The Morgan fingerprint density at radius 2 is 1.92 bits per heavy atom. The molecule has 1 aromatic heterocycles. The lowest BCUT2D eigenvalue weighted by Crippen LogP contribution is -2.40. The maximum atomic E-state index is 13.3. The Balaban J connectivity index is 1.31. The molecule has 1 aliphatic carbocycles. The lowest BCUT2D eigenvalue weighted by Gasteiger charge is -2.20. The van der Waals surface area contributed by atoms with Gasteiger partial charge in [-0.2, -0.15) is 0 Å². The number of carbonyl (C=O) groups is 1. The zero-order valence-corrected chi connectivity index (χ0v) is 22.8. The molecule has 1 saturated heterocycles. The molecule has 5 rings (SSSR count). The van der Waals surface area contributed by atoms with Crippen molar-refractivity contribution in [3.63, 3.8) is 0 Å². The van der Waals surface area contributed by atoms with Gasteiger partial charge in [0, 0.05) is 57.9 Å². The van der Waals surface area contributed by atoms with Gasteiger partial charge in [-0.15, -0.1) is 0 Å². The van der Waals surface area contributed by atoms with E-state index in [-0.39, 0.29) is 29.0 Å². The molecule has 0 spiro atoms. The third-order valence-electron chi connectivity index (χ3n) is 7.49. The molecule has 0 unspecified atom stereocenters. The van der Waals surface area contributed by atoms with Crippen LogP contribution in [0.3, 0.4) is 0 Å². The van der Waals surface area contributed by atoms with E-state index in [1.807, 2.05) is 38.1 Å². The van der Waals surface area contributed by atoms with Crippen LogP contribution in [0.5, 0.6) is 5.75 Å². The van der Waals surface area contributed by atoms with Gasteiger partial charge in [0.15, 0.2) is 0 Å². The highest BCUT2D eigenvalue weighted by Crippen LogP contribution is 2.31. The summed E-state index contributed by atoms with van der Waals surface area (Å²) in [7, 11) is 3.86. The Morgan fingerprint density at radius 1 is 1.13 bits per heavy atom. The third-order valence-corrected chi connectivity index (χ3v) is 7.79. The maximum Gasteiger partial charge on any atom is 0.331 e. The second kappa shape index (κ2) is 10.8. The SMILES string of the molecule is CCn1c(=O)n(CC2CC2)c(=O)c2cc(NC(=O)[C@H]3CNC[C@H]3COc3ccc(N(C)C)c(Cl)c3)ccc21. The molecule has 10 heteroatoms. The number of hydrogen-bond donors (Lipinski definition) is 2. The summed E-state index contributed by atoms with van der Waals surface area (Å²) in [6.45, 7) is 4.37. The smallest absolute Gasteiger partial charge is 0.331 e. The van der Waals surface area contributed by atoms with E-state index < -0.39 is 0 Å². The average molecular weight is 540 g/mol. The number of carbonyl (C=O) groups excluding carboxylic acids is 1. The fourth-order valence-electron chi connectivity index (χ4n) is 5.12. The van der Waals surface area contributed by atoms with Gasteiger partial charge in [-0.05, 0) is 56.0 Å². The van der Waals surface area contributed by atoms with E-state index in [0.717, 1.165) is 18.5 Å². The molecule has 1 saturated carbocycles. The Morgan fingerprint density at radius 3 is 2.61 bits per heavy atom. The van der Waals surface area contributed by atoms with Crippen molar-refractivity contribution < 1.29 is 9.53 Å².